The number of aromatic nitrogens is 2. The van der Waals surface area contributed by atoms with E-state index in [0.717, 1.165) is 28.1 Å². The summed E-state index contributed by atoms with van der Waals surface area (Å²) in [7, 11) is 1.82. The molecular formula is C19H16ClN3O2. The highest BCUT2D eigenvalue weighted by molar-refractivity contribution is 6.31. The molecule has 0 bridgehead atoms. The number of carbonyl (C=O) groups excluding carboxylic acids is 1. The van der Waals surface area contributed by atoms with Crippen LogP contribution in [0.2, 0.25) is 5.02 Å². The van der Waals surface area contributed by atoms with Gasteiger partial charge in [0.2, 0.25) is 0 Å². The minimum atomic E-state index is -0.213. The molecule has 0 atom stereocenters. The minimum Gasteiger partial charge on any atom is -0.488 e. The van der Waals surface area contributed by atoms with Gasteiger partial charge < -0.3 is 10.1 Å². The molecule has 0 saturated heterocycles. The van der Waals surface area contributed by atoms with Crippen LogP contribution >= 0.6 is 11.6 Å². The fourth-order valence-electron chi connectivity index (χ4n) is 3.05. The van der Waals surface area contributed by atoms with Crippen LogP contribution in [-0.2, 0) is 20.2 Å². The number of hydrogen-bond acceptors (Lipinski definition) is 3. The Kier molecular flexibility index (Phi) is 3.93. The smallest absolute Gasteiger partial charge is 0.272 e. The number of nitrogens with one attached hydrogen (secondary N) is 1. The van der Waals surface area contributed by atoms with Crippen molar-refractivity contribution in [1.29, 1.82) is 0 Å². The lowest BCUT2D eigenvalue weighted by atomic mass is 10.0. The Morgan fingerprint density at radius 2 is 2.08 bits per heavy atom. The molecule has 2 aromatic carbocycles. The van der Waals surface area contributed by atoms with E-state index < -0.39 is 0 Å². The first-order valence-corrected chi connectivity index (χ1v) is 8.32. The molecule has 1 amide bonds. The van der Waals surface area contributed by atoms with Gasteiger partial charge in [-0.25, -0.2) is 0 Å². The quantitative estimate of drug-likeness (QED) is 0.783. The molecule has 0 aliphatic carbocycles. The number of nitrogens with zero attached hydrogens (tertiary/aromatic N) is 2. The molecule has 0 spiro atoms. The van der Waals surface area contributed by atoms with Crippen molar-refractivity contribution >= 4 is 17.5 Å². The van der Waals surface area contributed by atoms with E-state index in [1.54, 1.807) is 10.7 Å². The van der Waals surface area contributed by atoms with E-state index in [-0.39, 0.29) is 5.91 Å². The molecule has 1 aromatic heterocycles. The lowest BCUT2D eigenvalue weighted by Gasteiger charge is -2.19. The molecule has 5 nitrogen and oxygen atoms in total. The Balaban J connectivity index is 1.65. The number of halogens is 1. The minimum absolute atomic E-state index is 0.213. The van der Waals surface area contributed by atoms with Crippen LogP contribution in [0.25, 0.3) is 11.3 Å². The highest BCUT2D eigenvalue weighted by Gasteiger charge is 2.28. The van der Waals surface area contributed by atoms with E-state index >= 15 is 0 Å². The average Bonchev–Trinajstić information content (AvgIpc) is 2.98. The van der Waals surface area contributed by atoms with Gasteiger partial charge in [0.1, 0.15) is 12.4 Å². The summed E-state index contributed by atoms with van der Waals surface area (Å²) in [6.45, 7) is 0.764. The molecule has 1 N–H and O–H groups in total. The Morgan fingerprint density at radius 3 is 2.88 bits per heavy atom. The maximum Gasteiger partial charge on any atom is 0.272 e. The largest absolute Gasteiger partial charge is 0.488 e. The van der Waals surface area contributed by atoms with Crippen molar-refractivity contribution in [3.05, 3.63) is 70.4 Å². The molecule has 6 heteroatoms. The van der Waals surface area contributed by atoms with E-state index in [9.17, 15) is 4.79 Å². The van der Waals surface area contributed by atoms with Gasteiger partial charge in [-0.15, -0.1) is 0 Å². The van der Waals surface area contributed by atoms with Crippen LogP contribution in [0.5, 0.6) is 5.75 Å². The third-order valence-corrected chi connectivity index (χ3v) is 4.46. The Bertz CT molecular complexity index is 951. The van der Waals surface area contributed by atoms with Crippen molar-refractivity contribution in [2.24, 2.45) is 7.05 Å². The monoisotopic (exact) mass is 353 g/mol. The fraction of sp³-hybridized carbons (Fsp3) is 0.158. The number of aryl methyl sites for hydroxylation is 1. The summed E-state index contributed by atoms with van der Waals surface area (Å²) in [5.41, 5.74) is 3.93. The Labute approximate surface area is 150 Å². The van der Waals surface area contributed by atoms with Gasteiger partial charge in [-0.3, -0.25) is 9.48 Å². The molecule has 1 aliphatic rings. The Morgan fingerprint density at radius 1 is 1.28 bits per heavy atom. The van der Waals surface area contributed by atoms with Crippen molar-refractivity contribution < 1.29 is 9.53 Å². The Hall–Kier alpha value is -2.79. The molecule has 4 rings (SSSR count). The van der Waals surface area contributed by atoms with Gasteiger partial charge in [-0.1, -0.05) is 41.9 Å². The summed E-state index contributed by atoms with van der Waals surface area (Å²) >= 11 is 6.12. The number of ether oxygens (including phenoxy) is 1. The summed E-state index contributed by atoms with van der Waals surface area (Å²) in [5.74, 6) is 0.533. The molecule has 0 fully saturated rings. The zero-order valence-electron chi connectivity index (χ0n) is 13.6. The maximum absolute atomic E-state index is 12.6. The van der Waals surface area contributed by atoms with E-state index in [1.165, 1.54) is 0 Å². The standard InChI is InChI=1S/C19H16ClN3O2/c1-23-18-14-9-13(20)7-8-16(14)25-11-15(18)17(22-23)19(24)21-10-12-5-3-2-4-6-12/h2-9H,10-11H2,1H3,(H,21,24). The first-order chi connectivity index (χ1) is 12.1. The zero-order valence-corrected chi connectivity index (χ0v) is 14.4. The molecule has 3 aromatic rings. The summed E-state index contributed by atoms with van der Waals surface area (Å²) in [6.07, 6.45) is 0. The van der Waals surface area contributed by atoms with Crippen molar-refractivity contribution in [2.75, 3.05) is 0 Å². The highest BCUT2D eigenvalue weighted by atomic mass is 35.5. The van der Waals surface area contributed by atoms with Crippen LogP contribution in [0.1, 0.15) is 21.6 Å². The molecular weight excluding hydrogens is 338 g/mol. The van der Waals surface area contributed by atoms with Crippen molar-refractivity contribution in [1.82, 2.24) is 15.1 Å². The van der Waals surface area contributed by atoms with Gasteiger partial charge in [0, 0.05) is 29.7 Å². The first kappa shape index (κ1) is 15.7. The van der Waals surface area contributed by atoms with Crippen LogP contribution < -0.4 is 10.1 Å². The van der Waals surface area contributed by atoms with E-state index in [1.807, 2.05) is 49.5 Å². The molecule has 1 aliphatic heterocycles. The van der Waals surface area contributed by atoms with Crippen molar-refractivity contribution in [2.45, 2.75) is 13.2 Å². The van der Waals surface area contributed by atoms with Crippen LogP contribution in [0.15, 0.2) is 48.5 Å². The van der Waals surface area contributed by atoms with E-state index in [4.69, 9.17) is 16.3 Å². The third-order valence-electron chi connectivity index (χ3n) is 4.23. The normalized spacial score (nSPS) is 12.1. The molecule has 0 saturated carbocycles. The molecule has 0 radical (unpaired) electrons. The topological polar surface area (TPSA) is 56.2 Å². The summed E-state index contributed by atoms with van der Waals surface area (Å²) in [6, 6.07) is 15.2. The van der Waals surface area contributed by atoms with Crippen LogP contribution in [0, 0.1) is 0 Å². The number of hydrogen-bond donors (Lipinski definition) is 1. The molecule has 2 heterocycles. The van der Waals surface area contributed by atoms with E-state index in [2.05, 4.69) is 10.4 Å². The fourth-order valence-corrected chi connectivity index (χ4v) is 3.22. The SMILES string of the molecule is Cn1nc(C(=O)NCc2ccccc2)c2c1-c1cc(Cl)ccc1OC2. The summed E-state index contributed by atoms with van der Waals surface area (Å²) < 4.78 is 7.49. The number of rotatable bonds is 3. The van der Waals surface area contributed by atoms with Gasteiger partial charge in [0.25, 0.3) is 5.91 Å². The lowest BCUT2D eigenvalue weighted by Crippen LogP contribution is -2.25. The van der Waals surface area contributed by atoms with Gasteiger partial charge in [-0.05, 0) is 23.8 Å². The second-order valence-corrected chi connectivity index (χ2v) is 6.33. The van der Waals surface area contributed by atoms with Gasteiger partial charge in [-0.2, -0.15) is 5.10 Å². The maximum atomic E-state index is 12.6. The lowest BCUT2D eigenvalue weighted by molar-refractivity contribution is 0.0942. The van der Waals surface area contributed by atoms with Crippen molar-refractivity contribution in [3.63, 3.8) is 0 Å². The number of carbonyl (C=O) groups is 1. The predicted molar refractivity (Wildman–Crippen MR) is 95.6 cm³/mol. The second-order valence-electron chi connectivity index (χ2n) is 5.90. The van der Waals surface area contributed by atoms with Gasteiger partial charge in [0.15, 0.2) is 5.69 Å². The molecule has 126 valence electrons. The zero-order chi connectivity index (χ0) is 17.4. The summed E-state index contributed by atoms with van der Waals surface area (Å²) in [5, 5.41) is 7.95. The average molecular weight is 354 g/mol. The van der Waals surface area contributed by atoms with Crippen LogP contribution in [0.3, 0.4) is 0 Å². The number of fused-ring (bicyclic) bond motifs is 3. The molecule has 25 heavy (non-hydrogen) atoms. The molecule has 0 unspecified atom stereocenters. The highest BCUT2D eigenvalue weighted by Crippen LogP contribution is 2.39. The van der Waals surface area contributed by atoms with Crippen LogP contribution in [0.4, 0.5) is 0 Å². The first-order valence-electron chi connectivity index (χ1n) is 7.94. The van der Waals surface area contributed by atoms with E-state index in [0.29, 0.717) is 23.9 Å². The summed E-state index contributed by atoms with van der Waals surface area (Å²) in [4.78, 5) is 12.6. The van der Waals surface area contributed by atoms with Gasteiger partial charge >= 0.3 is 0 Å². The van der Waals surface area contributed by atoms with Gasteiger partial charge in [0.05, 0.1) is 5.69 Å². The second kappa shape index (κ2) is 6.26. The van der Waals surface area contributed by atoms with Crippen molar-refractivity contribution in [3.8, 4) is 17.0 Å². The number of benzene rings is 2. The van der Waals surface area contributed by atoms with Crippen LogP contribution in [-0.4, -0.2) is 15.7 Å². The third kappa shape index (κ3) is 2.87. The predicted octanol–water partition coefficient (Wildman–Crippen LogP) is 3.56. The number of amides is 1.